The van der Waals surface area contributed by atoms with Gasteiger partial charge in [-0.1, -0.05) is 24.3 Å². The lowest BCUT2D eigenvalue weighted by molar-refractivity contribution is 0.0179. The first-order valence-corrected chi connectivity index (χ1v) is 11.2. The Bertz CT molecular complexity index is 1030. The number of anilines is 2. The molecule has 1 aromatic heterocycles. The third-order valence-corrected chi connectivity index (χ3v) is 6.11. The highest BCUT2D eigenvalue weighted by Gasteiger charge is 2.48. The van der Waals surface area contributed by atoms with Gasteiger partial charge in [-0.15, -0.1) is 0 Å². The summed E-state index contributed by atoms with van der Waals surface area (Å²) in [7, 11) is 1.65. The maximum absolute atomic E-state index is 12.7. The topological polar surface area (TPSA) is 126 Å². The number of benzene rings is 1. The Labute approximate surface area is 194 Å². The number of hydrogen-bond donors (Lipinski definition) is 3. The minimum atomic E-state index is -0.538. The molecule has 2 bridgehead atoms. The Morgan fingerprint density at radius 2 is 1.97 bits per heavy atom. The number of nitrogens with one attached hydrogen (secondary N) is 2. The maximum Gasteiger partial charge on any atom is 0.410 e. The lowest BCUT2D eigenvalue weighted by atomic mass is 10.0. The summed E-state index contributed by atoms with van der Waals surface area (Å²) in [5, 5.41) is 12.3. The van der Waals surface area contributed by atoms with Crippen LogP contribution in [0.5, 0.6) is 0 Å². The first-order chi connectivity index (χ1) is 15.7. The van der Waals surface area contributed by atoms with E-state index in [4.69, 9.17) is 20.6 Å². The number of aromatic nitrogens is 2. The van der Waals surface area contributed by atoms with Gasteiger partial charge in [-0.25, -0.2) is 14.8 Å². The van der Waals surface area contributed by atoms with Gasteiger partial charge in [0.25, 0.3) is 0 Å². The average Bonchev–Trinajstić information content (AvgIpc) is 3.34. The van der Waals surface area contributed by atoms with Crippen LogP contribution in [0, 0.1) is 11.3 Å². The molecular weight excluding hydrogens is 420 g/mol. The van der Waals surface area contributed by atoms with Crippen LogP contribution in [0.4, 0.5) is 16.4 Å². The van der Waals surface area contributed by atoms with E-state index < -0.39 is 5.60 Å². The Hall–Kier alpha value is -3.20. The van der Waals surface area contributed by atoms with Gasteiger partial charge in [0.1, 0.15) is 23.6 Å². The van der Waals surface area contributed by atoms with Crippen LogP contribution in [-0.2, 0) is 16.1 Å². The molecule has 3 unspecified atom stereocenters. The molecule has 2 heterocycles. The average molecular weight is 453 g/mol. The summed E-state index contributed by atoms with van der Waals surface area (Å²) in [5.74, 6) is 1.16. The number of ether oxygens (including phenoxy) is 2. The van der Waals surface area contributed by atoms with Crippen LogP contribution in [0.25, 0.3) is 0 Å². The summed E-state index contributed by atoms with van der Waals surface area (Å²) in [6.07, 6.45) is 2.96. The Kier molecular flexibility index (Phi) is 6.25. The van der Waals surface area contributed by atoms with E-state index in [1.165, 1.54) is 6.33 Å². The minimum Gasteiger partial charge on any atom is -0.444 e. The molecule has 0 radical (unpaired) electrons. The third-order valence-electron chi connectivity index (χ3n) is 6.11. The quantitative estimate of drug-likeness (QED) is 0.573. The SMILES string of the molecule is COCc1ccc(C(=N)c2c(N)ncnc2NC2CC3CC2N(C(=O)OC(C)(C)C)C3)cc1. The second-order valence-electron chi connectivity index (χ2n) is 9.78. The first kappa shape index (κ1) is 23.0. The van der Waals surface area contributed by atoms with Gasteiger partial charge < -0.3 is 25.4 Å². The van der Waals surface area contributed by atoms with E-state index in [2.05, 4.69) is 15.3 Å². The van der Waals surface area contributed by atoms with Gasteiger partial charge in [-0.05, 0) is 45.1 Å². The molecule has 176 valence electrons. The van der Waals surface area contributed by atoms with Crippen LogP contribution in [0.2, 0.25) is 0 Å². The molecule has 0 spiro atoms. The predicted molar refractivity (Wildman–Crippen MR) is 126 cm³/mol. The van der Waals surface area contributed by atoms with Crippen LogP contribution in [0.15, 0.2) is 30.6 Å². The van der Waals surface area contributed by atoms with Crippen molar-refractivity contribution in [1.29, 1.82) is 5.41 Å². The lowest BCUT2D eigenvalue weighted by Crippen LogP contribution is -2.49. The molecule has 33 heavy (non-hydrogen) atoms. The van der Waals surface area contributed by atoms with E-state index in [9.17, 15) is 4.79 Å². The number of fused-ring (bicyclic) bond motifs is 2. The number of likely N-dealkylation sites (tertiary alicyclic amines) is 1. The van der Waals surface area contributed by atoms with Gasteiger partial charge in [-0.2, -0.15) is 0 Å². The van der Waals surface area contributed by atoms with Crippen LogP contribution < -0.4 is 11.1 Å². The summed E-state index contributed by atoms with van der Waals surface area (Å²) in [6.45, 7) is 6.84. The zero-order valence-electron chi connectivity index (χ0n) is 19.6. The highest BCUT2D eigenvalue weighted by atomic mass is 16.6. The molecule has 1 amide bonds. The van der Waals surface area contributed by atoms with Crippen LogP contribution >= 0.6 is 0 Å². The van der Waals surface area contributed by atoms with Crippen molar-refractivity contribution in [2.45, 2.75) is 57.9 Å². The second kappa shape index (κ2) is 8.97. The monoisotopic (exact) mass is 452 g/mol. The van der Waals surface area contributed by atoms with Crippen molar-refractivity contribution in [2.24, 2.45) is 5.92 Å². The number of hydrogen-bond acceptors (Lipinski definition) is 8. The number of nitrogens with zero attached hydrogens (tertiary/aromatic N) is 3. The number of amides is 1. The smallest absolute Gasteiger partial charge is 0.410 e. The molecule has 9 nitrogen and oxygen atoms in total. The van der Waals surface area contributed by atoms with Gasteiger partial charge in [0.15, 0.2) is 0 Å². The molecule has 2 aromatic rings. The zero-order chi connectivity index (χ0) is 23.8. The van der Waals surface area contributed by atoms with Crippen LogP contribution in [0.1, 0.15) is 50.3 Å². The Morgan fingerprint density at radius 1 is 1.24 bits per heavy atom. The first-order valence-electron chi connectivity index (χ1n) is 11.2. The number of methoxy groups -OCH3 is 1. The number of carbonyl (C=O) groups is 1. The second-order valence-corrected chi connectivity index (χ2v) is 9.78. The fourth-order valence-electron chi connectivity index (χ4n) is 4.72. The van der Waals surface area contributed by atoms with Gasteiger partial charge in [0, 0.05) is 25.3 Å². The number of rotatable bonds is 6. The molecule has 1 aliphatic carbocycles. The van der Waals surface area contributed by atoms with E-state index in [-0.39, 0.29) is 29.7 Å². The van der Waals surface area contributed by atoms with Crippen molar-refractivity contribution in [3.05, 3.63) is 47.3 Å². The van der Waals surface area contributed by atoms with E-state index >= 15 is 0 Å². The molecule has 1 aliphatic heterocycles. The lowest BCUT2D eigenvalue weighted by Gasteiger charge is -2.35. The van der Waals surface area contributed by atoms with Crippen LogP contribution in [0.3, 0.4) is 0 Å². The molecule has 3 atom stereocenters. The Balaban J connectivity index is 1.54. The summed E-state index contributed by atoms with van der Waals surface area (Å²) < 4.78 is 10.8. The molecule has 9 heteroatoms. The summed E-state index contributed by atoms with van der Waals surface area (Å²) >= 11 is 0. The molecule has 2 fully saturated rings. The number of nitrogens with two attached hydrogens (primary N) is 1. The van der Waals surface area contributed by atoms with Crippen molar-refractivity contribution in [1.82, 2.24) is 14.9 Å². The summed E-state index contributed by atoms with van der Waals surface area (Å²) in [6, 6.07) is 7.60. The highest BCUT2D eigenvalue weighted by Crippen LogP contribution is 2.40. The van der Waals surface area contributed by atoms with Crippen molar-refractivity contribution in [3.8, 4) is 0 Å². The largest absolute Gasteiger partial charge is 0.444 e. The predicted octanol–water partition coefficient (Wildman–Crippen LogP) is 3.43. The highest BCUT2D eigenvalue weighted by molar-refractivity contribution is 6.16. The molecule has 1 saturated heterocycles. The standard InChI is InChI=1S/C24H32N6O3/c1-24(2,3)33-23(31)30-11-15-9-17(18(30)10-15)29-22-19(21(26)27-13-28-22)20(25)16-7-5-14(6-8-16)12-32-4/h5-8,13,15,17-18,25H,9-12H2,1-4H3,(H3,26,27,28,29). The Morgan fingerprint density at radius 3 is 2.61 bits per heavy atom. The van der Waals surface area contributed by atoms with Gasteiger partial charge in [0.2, 0.25) is 0 Å². The number of piperidine rings is 1. The minimum absolute atomic E-state index is 0.00111. The van der Waals surface area contributed by atoms with Crippen molar-refractivity contribution < 1.29 is 14.3 Å². The summed E-state index contributed by atoms with van der Waals surface area (Å²) in [5.41, 5.74) is 8.10. The number of nitrogen functional groups attached to an aromatic ring is 1. The van der Waals surface area contributed by atoms with Crippen LogP contribution in [-0.4, -0.2) is 58.0 Å². The van der Waals surface area contributed by atoms with E-state index in [0.717, 1.165) is 18.4 Å². The van der Waals surface area contributed by atoms with Gasteiger partial charge in [-0.3, -0.25) is 5.41 Å². The zero-order valence-corrected chi connectivity index (χ0v) is 19.6. The normalized spacial score (nSPS) is 21.8. The summed E-state index contributed by atoms with van der Waals surface area (Å²) in [4.78, 5) is 23.1. The molecule has 4 rings (SSSR count). The molecule has 1 aromatic carbocycles. The number of carbonyl (C=O) groups excluding carboxylic acids is 1. The van der Waals surface area contributed by atoms with E-state index in [1.807, 2.05) is 49.9 Å². The molecule has 2 aliphatic rings. The fraction of sp³-hybridized carbons (Fsp3) is 0.500. The van der Waals surface area contributed by atoms with E-state index in [1.54, 1.807) is 7.11 Å². The van der Waals surface area contributed by atoms with Crippen molar-refractivity contribution >= 4 is 23.4 Å². The van der Waals surface area contributed by atoms with Crippen molar-refractivity contribution in [2.75, 3.05) is 24.7 Å². The van der Waals surface area contributed by atoms with Crippen molar-refractivity contribution in [3.63, 3.8) is 0 Å². The van der Waals surface area contributed by atoms with E-state index in [0.29, 0.717) is 36.0 Å². The fourth-order valence-corrected chi connectivity index (χ4v) is 4.72. The molecule has 1 saturated carbocycles. The third kappa shape index (κ3) is 4.93. The molecular formula is C24H32N6O3. The van der Waals surface area contributed by atoms with Gasteiger partial charge >= 0.3 is 6.09 Å². The van der Waals surface area contributed by atoms with Gasteiger partial charge in [0.05, 0.1) is 23.9 Å². The molecule has 4 N–H and O–H groups in total. The maximum atomic E-state index is 12.7.